The fourth-order valence-electron chi connectivity index (χ4n) is 3.46. The van der Waals surface area contributed by atoms with E-state index in [4.69, 9.17) is 11.6 Å². The molecule has 1 unspecified atom stereocenters. The van der Waals surface area contributed by atoms with Gasteiger partial charge in [-0.2, -0.15) is 0 Å². The van der Waals surface area contributed by atoms with Gasteiger partial charge in [0.25, 0.3) is 5.56 Å². The van der Waals surface area contributed by atoms with E-state index >= 15 is 0 Å². The molecule has 1 heterocycles. The molecule has 0 radical (unpaired) electrons. The van der Waals surface area contributed by atoms with Crippen LogP contribution < -0.4 is 10.9 Å². The molecule has 5 nitrogen and oxygen atoms in total. The topological polar surface area (TPSA) is 64.0 Å². The first-order valence-electron chi connectivity index (χ1n) is 9.63. The normalized spacial score (nSPS) is 11.9. The molecule has 0 aliphatic carbocycles. The number of amides is 1. The van der Waals surface area contributed by atoms with Gasteiger partial charge in [0.1, 0.15) is 6.54 Å². The SMILES string of the molecule is O=C(Cn1c(=O)cnc2ccccc21)NC(Cc1ccc(Cl)cc1)c1ccccc1. The van der Waals surface area contributed by atoms with Gasteiger partial charge in [0.05, 0.1) is 23.3 Å². The summed E-state index contributed by atoms with van der Waals surface area (Å²) in [5, 5.41) is 3.75. The van der Waals surface area contributed by atoms with Gasteiger partial charge in [0.15, 0.2) is 0 Å². The fourth-order valence-corrected chi connectivity index (χ4v) is 3.58. The quantitative estimate of drug-likeness (QED) is 0.512. The minimum Gasteiger partial charge on any atom is -0.347 e. The van der Waals surface area contributed by atoms with E-state index in [0.717, 1.165) is 11.1 Å². The van der Waals surface area contributed by atoms with Crippen molar-refractivity contribution in [2.75, 3.05) is 0 Å². The molecule has 1 aromatic heterocycles. The highest BCUT2D eigenvalue weighted by Crippen LogP contribution is 2.20. The average Bonchev–Trinajstić information content (AvgIpc) is 2.77. The summed E-state index contributed by atoms with van der Waals surface area (Å²) in [7, 11) is 0. The fraction of sp³-hybridized carbons (Fsp3) is 0.125. The zero-order chi connectivity index (χ0) is 20.9. The summed E-state index contributed by atoms with van der Waals surface area (Å²) in [6.45, 7) is -0.0776. The van der Waals surface area contributed by atoms with Gasteiger partial charge in [0.2, 0.25) is 5.91 Å². The number of para-hydroxylation sites is 2. The summed E-state index contributed by atoms with van der Waals surface area (Å²) in [6.07, 6.45) is 1.86. The molecule has 1 atom stereocenters. The monoisotopic (exact) mass is 417 g/mol. The summed E-state index contributed by atoms with van der Waals surface area (Å²) >= 11 is 6.00. The van der Waals surface area contributed by atoms with Crippen LogP contribution in [0.25, 0.3) is 11.0 Å². The van der Waals surface area contributed by atoms with Gasteiger partial charge in [-0.15, -0.1) is 0 Å². The Balaban J connectivity index is 1.59. The van der Waals surface area contributed by atoms with Crippen LogP contribution in [0.1, 0.15) is 17.2 Å². The predicted molar refractivity (Wildman–Crippen MR) is 118 cm³/mol. The van der Waals surface area contributed by atoms with Crippen LogP contribution in [0.3, 0.4) is 0 Å². The number of aromatic nitrogens is 2. The molecule has 0 spiro atoms. The first-order valence-corrected chi connectivity index (χ1v) is 10.0. The molecule has 6 heteroatoms. The van der Waals surface area contributed by atoms with E-state index in [1.165, 1.54) is 10.8 Å². The molecular weight excluding hydrogens is 398 g/mol. The highest BCUT2D eigenvalue weighted by molar-refractivity contribution is 6.30. The lowest BCUT2D eigenvalue weighted by Crippen LogP contribution is -2.35. The zero-order valence-electron chi connectivity index (χ0n) is 16.2. The largest absolute Gasteiger partial charge is 0.347 e. The highest BCUT2D eigenvalue weighted by atomic mass is 35.5. The number of halogens is 1. The van der Waals surface area contributed by atoms with Crippen molar-refractivity contribution < 1.29 is 4.79 Å². The number of carbonyl (C=O) groups is 1. The summed E-state index contributed by atoms with van der Waals surface area (Å²) in [5.41, 5.74) is 3.05. The number of rotatable bonds is 6. The van der Waals surface area contributed by atoms with Gasteiger partial charge < -0.3 is 5.32 Å². The molecule has 4 rings (SSSR count). The summed E-state index contributed by atoms with van der Waals surface area (Å²) in [5.74, 6) is -0.240. The highest BCUT2D eigenvalue weighted by Gasteiger charge is 2.17. The van der Waals surface area contributed by atoms with Crippen molar-refractivity contribution in [3.63, 3.8) is 0 Å². The van der Waals surface area contributed by atoms with Crippen LogP contribution in [0.4, 0.5) is 0 Å². The van der Waals surface area contributed by atoms with Crippen LogP contribution in [0.2, 0.25) is 5.02 Å². The first kappa shape index (κ1) is 19.9. The van der Waals surface area contributed by atoms with Crippen LogP contribution in [-0.4, -0.2) is 15.5 Å². The van der Waals surface area contributed by atoms with Crippen molar-refractivity contribution in [3.05, 3.63) is 112 Å². The van der Waals surface area contributed by atoms with E-state index in [1.54, 1.807) is 6.07 Å². The van der Waals surface area contributed by atoms with Crippen molar-refractivity contribution in [3.8, 4) is 0 Å². The maximum atomic E-state index is 12.9. The molecule has 0 saturated heterocycles. The molecule has 0 bridgehead atoms. The number of nitrogens with zero attached hydrogens (tertiary/aromatic N) is 2. The Bertz CT molecular complexity index is 1220. The van der Waals surface area contributed by atoms with Crippen LogP contribution in [-0.2, 0) is 17.8 Å². The third kappa shape index (κ3) is 4.58. The van der Waals surface area contributed by atoms with Gasteiger partial charge in [-0.1, -0.05) is 66.2 Å². The lowest BCUT2D eigenvalue weighted by Gasteiger charge is -2.20. The first-order chi connectivity index (χ1) is 14.6. The van der Waals surface area contributed by atoms with Gasteiger partial charge >= 0.3 is 0 Å². The lowest BCUT2D eigenvalue weighted by molar-refractivity contribution is -0.122. The number of nitrogens with one attached hydrogen (secondary N) is 1. The average molecular weight is 418 g/mol. The minimum atomic E-state index is -0.308. The van der Waals surface area contributed by atoms with Crippen molar-refractivity contribution in [2.45, 2.75) is 19.0 Å². The molecule has 150 valence electrons. The number of hydrogen-bond donors (Lipinski definition) is 1. The standard InChI is InChI=1S/C24H20ClN3O2/c25-19-12-10-17(11-13-19)14-21(18-6-2-1-3-7-18)27-23(29)16-28-22-9-5-4-8-20(22)26-15-24(28)30/h1-13,15,21H,14,16H2,(H,27,29). The summed E-state index contributed by atoms with van der Waals surface area (Å²) < 4.78 is 1.45. The number of fused-ring (bicyclic) bond motifs is 1. The zero-order valence-corrected chi connectivity index (χ0v) is 16.9. The maximum Gasteiger partial charge on any atom is 0.269 e. The summed E-state index contributed by atoms with van der Waals surface area (Å²) in [4.78, 5) is 29.4. The second-order valence-corrected chi connectivity index (χ2v) is 7.47. The molecule has 1 N–H and O–H groups in total. The summed E-state index contributed by atoms with van der Waals surface area (Å²) in [6, 6.07) is 24.4. The Kier molecular flexibility index (Phi) is 5.91. The minimum absolute atomic E-state index is 0.0776. The smallest absolute Gasteiger partial charge is 0.269 e. The van der Waals surface area contributed by atoms with E-state index in [-0.39, 0.29) is 24.1 Å². The molecule has 3 aromatic carbocycles. The van der Waals surface area contributed by atoms with Crippen molar-refractivity contribution in [1.29, 1.82) is 0 Å². The van der Waals surface area contributed by atoms with Gasteiger partial charge in [0, 0.05) is 5.02 Å². The van der Waals surface area contributed by atoms with Crippen LogP contribution in [0, 0.1) is 0 Å². The predicted octanol–water partition coefficient (Wildman–Crippen LogP) is 4.15. The Morgan fingerprint density at radius 1 is 0.967 bits per heavy atom. The van der Waals surface area contributed by atoms with Crippen molar-refractivity contribution in [1.82, 2.24) is 14.9 Å². The molecule has 4 aromatic rings. The van der Waals surface area contributed by atoms with Gasteiger partial charge in [-0.3, -0.25) is 14.2 Å². The molecule has 0 fully saturated rings. The van der Waals surface area contributed by atoms with Crippen molar-refractivity contribution >= 4 is 28.5 Å². The van der Waals surface area contributed by atoms with E-state index in [0.29, 0.717) is 22.5 Å². The second-order valence-electron chi connectivity index (χ2n) is 7.03. The van der Waals surface area contributed by atoms with E-state index in [9.17, 15) is 9.59 Å². The number of benzene rings is 3. The Morgan fingerprint density at radius 2 is 1.67 bits per heavy atom. The van der Waals surface area contributed by atoms with Gasteiger partial charge in [-0.25, -0.2) is 4.98 Å². The lowest BCUT2D eigenvalue weighted by atomic mass is 9.99. The molecule has 1 amide bonds. The van der Waals surface area contributed by atoms with Crippen molar-refractivity contribution in [2.24, 2.45) is 0 Å². The second kappa shape index (κ2) is 8.93. The number of carbonyl (C=O) groups excluding carboxylic acids is 1. The Labute approximate surface area is 179 Å². The molecule has 30 heavy (non-hydrogen) atoms. The van der Waals surface area contributed by atoms with Crippen LogP contribution >= 0.6 is 11.6 Å². The third-order valence-electron chi connectivity index (χ3n) is 4.94. The molecule has 0 aliphatic heterocycles. The van der Waals surface area contributed by atoms with E-state index in [2.05, 4.69) is 10.3 Å². The van der Waals surface area contributed by atoms with Gasteiger partial charge in [-0.05, 0) is 41.8 Å². The van der Waals surface area contributed by atoms with Crippen LogP contribution in [0.15, 0.2) is 89.9 Å². The molecule has 0 saturated carbocycles. The maximum absolute atomic E-state index is 12.9. The Hall–Kier alpha value is -3.44. The molecular formula is C24H20ClN3O2. The van der Waals surface area contributed by atoms with Crippen LogP contribution in [0.5, 0.6) is 0 Å². The Morgan fingerprint density at radius 3 is 2.43 bits per heavy atom. The third-order valence-corrected chi connectivity index (χ3v) is 5.20. The number of hydrogen-bond acceptors (Lipinski definition) is 3. The van der Waals surface area contributed by atoms with E-state index < -0.39 is 0 Å². The molecule has 0 aliphatic rings. The van der Waals surface area contributed by atoms with E-state index in [1.807, 2.05) is 72.8 Å².